The van der Waals surface area contributed by atoms with Gasteiger partial charge in [-0.2, -0.15) is 0 Å². The van der Waals surface area contributed by atoms with Gasteiger partial charge in [-0.05, 0) is 23.6 Å². The monoisotopic (exact) mass is 223 g/mol. The Kier molecular flexibility index (Phi) is 2.61. The molecule has 1 aromatic carbocycles. The van der Waals surface area contributed by atoms with Crippen molar-refractivity contribution in [3.8, 4) is 0 Å². The fourth-order valence-corrected chi connectivity index (χ4v) is 2.12. The van der Waals surface area contributed by atoms with E-state index in [2.05, 4.69) is 18.8 Å². The molecule has 0 aliphatic carbocycles. The Morgan fingerprint density at radius 1 is 1.33 bits per heavy atom. The molecular formula is C12H11ClFN. The van der Waals surface area contributed by atoms with Gasteiger partial charge in [-0.1, -0.05) is 25.4 Å². The molecule has 1 heterocycles. The van der Waals surface area contributed by atoms with Crippen LogP contribution in [0.3, 0.4) is 0 Å². The van der Waals surface area contributed by atoms with E-state index < -0.39 is 0 Å². The molecule has 0 unspecified atom stereocenters. The zero-order chi connectivity index (χ0) is 11.0. The number of pyridine rings is 1. The predicted molar refractivity (Wildman–Crippen MR) is 60.8 cm³/mol. The number of hydrogen-bond acceptors (Lipinski definition) is 1. The van der Waals surface area contributed by atoms with Crippen LogP contribution in [0.15, 0.2) is 24.4 Å². The number of aromatic nitrogens is 1. The number of benzene rings is 1. The number of fused-ring (bicyclic) bond motifs is 1. The smallest absolute Gasteiger partial charge is 0.125 e. The average Bonchev–Trinajstić information content (AvgIpc) is 2.17. The summed E-state index contributed by atoms with van der Waals surface area (Å²) in [6, 6.07) is 4.60. The van der Waals surface area contributed by atoms with Crippen molar-refractivity contribution < 1.29 is 4.39 Å². The maximum absolute atomic E-state index is 13.0. The van der Waals surface area contributed by atoms with Gasteiger partial charge in [-0.25, -0.2) is 4.39 Å². The Hall–Kier alpha value is -1.15. The first-order valence-electron chi connectivity index (χ1n) is 4.83. The van der Waals surface area contributed by atoms with E-state index in [1.54, 1.807) is 12.3 Å². The molecule has 0 radical (unpaired) electrons. The lowest BCUT2D eigenvalue weighted by atomic mass is 9.99. The van der Waals surface area contributed by atoms with Gasteiger partial charge in [0.05, 0.1) is 10.5 Å². The largest absolute Gasteiger partial charge is 0.255 e. The first kappa shape index (κ1) is 10.4. The molecular weight excluding hydrogens is 213 g/mol. The summed E-state index contributed by atoms with van der Waals surface area (Å²) in [6.07, 6.45) is 1.58. The molecule has 2 rings (SSSR count). The number of rotatable bonds is 1. The molecule has 1 aromatic heterocycles. The van der Waals surface area contributed by atoms with Crippen molar-refractivity contribution in [2.75, 3.05) is 0 Å². The number of nitrogens with zero attached hydrogens (tertiary/aromatic N) is 1. The van der Waals surface area contributed by atoms with Crippen LogP contribution >= 0.6 is 11.6 Å². The lowest BCUT2D eigenvalue weighted by molar-refractivity contribution is 0.629. The van der Waals surface area contributed by atoms with Gasteiger partial charge in [0.1, 0.15) is 5.82 Å². The molecule has 15 heavy (non-hydrogen) atoms. The van der Waals surface area contributed by atoms with Crippen molar-refractivity contribution >= 4 is 22.5 Å². The highest BCUT2D eigenvalue weighted by Gasteiger charge is 2.10. The fourth-order valence-electron chi connectivity index (χ4n) is 1.75. The van der Waals surface area contributed by atoms with E-state index in [9.17, 15) is 4.39 Å². The van der Waals surface area contributed by atoms with Gasteiger partial charge in [-0.3, -0.25) is 4.98 Å². The highest BCUT2D eigenvalue weighted by molar-refractivity contribution is 6.32. The molecule has 0 aliphatic heterocycles. The third kappa shape index (κ3) is 1.82. The summed E-state index contributed by atoms with van der Waals surface area (Å²) >= 11 is 6.08. The third-order valence-electron chi connectivity index (χ3n) is 2.40. The predicted octanol–water partition coefficient (Wildman–Crippen LogP) is 4.15. The van der Waals surface area contributed by atoms with Crippen molar-refractivity contribution in [2.45, 2.75) is 19.8 Å². The second kappa shape index (κ2) is 3.78. The van der Waals surface area contributed by atoms with Gasteiger partial charge < -0.3 is 0 Å². The van der Waals surface area contributed by atoms with Crippen molar-refractivity contribution in [1.29, 1.82) is 0 Å². The molecule has 0 aliphatic rings. The van der Waals surface area contributed by atoms with Crippen LogP contribution in [-0.2, 0) is 0 Å². The summed E-state index contributed by atoms with van der Waals surface area (Å²) in [7, 11) is 0. The Bertz CT molecular complexity index is 508. The van der Waals surface area contributed by atoms with E-state index in [1.807, 2.05) is 0 Å². The molecule has 0 amide bonds. The molecule has 1 nitrogen and oxygen atoms in total. The van der Waals surface area contributed by atoms with E-state index in [-0.39, 0.29) is 5.82 Å². The second-order valence-corrected chi connectivity index (χ2v) is 4.24. The van der Waals surface area contributed by atoms with Gasteiger partial charge in [0, 0.05) is 17.6 Å². The van der Waals surface area contributed by atoms with E-state index in [4.69, 9.17) is 11.6 Å². The van der Waals surface area contributed by atoms with Gasteiger partial charge >= 0.3 is 0 Å². The van der Waals surface area contributed by atoms with Crippen LogP contribution in [0.1, 0.15) is 25.3 Å². The average molecular weight is 224 g/mol. The van der Waals surface area contributed by atoms with Crippen molar-refractivity contribution in [3.05, 3.63) is 40.8 Å². The molecule has 0 spiro atoms. The molecule has 0 atom stereocenters. The second-order valence-electron chi connectivity index (χ2n) is 3.84. The molecule has 0 N–H and O–H groups in total. The topological polar surface area (TPSA) is 12.9 Å². The summed E-state index contributed by atoms with van der Waals surface area (Å²) in [6.45, 7) is 4.12. The minimum absolute atomic E-state index is 0.271. The summed E-state index contributed by atoms with van der Waals surface area (Å²) in [5.41, 5.74) is 1.68. The Balaban J connectivity index is 2.82. The maximum atomic E-state index is 13.0. The molecule has 0 saturated heterocycles. The minimum atomic E-state index is -0.271. The summed E-state index contributed by atoms with van der Waals surface area (Å²) in [4.78, 5) is 4.11. The summed E-state index contributed by atoms with van der Waals surface area (Å²) in [5.74, 6) is 0.0282. The Morgan fingerprint density at radius 3 is 2.73 bits per heavy atom. The van der Waals surface area contributed by atoms with E-state index in [0.29, 0.717) is 16.5 Å². The van der Waals surface area contributed by atoms with Crippen LogP contribution in [0.5, 0.6) is 0 Å². The first-order valence-corrected chi connectivity index (χ1v) is 5.21. The summed E-state index contributed by atoms with van der Waals surface area (Å²) < 4.78 is 13.0. The fraction of sp³-hybridized carbons (Fsp3) is 0.250. The van der Waals surface area contributed by atoms with Gasteiger partial charge in [-0.15, -0.1) is 0 Å². The zero-order valence-corrected chi connectivity index (χ0v) is 9.35. The van der Waals surface area contributed by atoms with Crippen molar-refractivity contribution in [2.24, 2.45) is 0 Å². The lowest BCUT2D eigenvalue weighted by Crippen LogP contribution is -1.93. The normalized spacial score (nSPS) is 11.3. The molecule has 0 saturated carbocycles. The molecule has 78 valence electrons. The van der Waals surface area contributed by atoms with Crippen molar-refractivity contribution in [1.82, 2.24) is 4.98 Å². The molecule has 0 bridgehead atoms. The Morgan fingerprint density at radius 2 is 2.07 bits per heavy atom. The van der Waals surface area contributed by atoms with Crippen LogP contribution in [0, 0.1) is 5.82 Å². The zero-order valence-electron chi connectivity index (χ0n) is 8.59. The molecule has 3 heteroatoms. The summed E-state index contributed by atoms with van der Waals surface area (Å²) in [5, 5.41) is 1.57. The van der Waals surface area contributed by atoms with Crippen LogP contribution < -0.4 is 0 Å². The van der Waals surface area contributed by atoms with Crippen LogP contribution in [0.25, 0.3) is 10.9 Å². The van der Waals surface area contributed by atoms with E-state index in [0.717, 1.165) is 10.9 Å². The molecule has 0 fully saturated rings. The van der Waals surface area contributed by atoms with Gasteiger partial charge in [0.2, 0.25) is 0 Å². The first-order chi connectivity index (χ1) is 7.09. The van der Waals surface area contributed by atoms with Crippen LogP contribution in [0.2, 0.25) is 5.02 Å². The van der Waals surface area contributed by atoms with Gasteiger partial charge in [0.15, 0.2) is 0 Å². The SMILES string of the molecule is CC(C)c1c(Cl)cnc2cc(F)ccc12. The highest BCUT2D eigenvalue weighted by Crippen LogP contribution is 2.30. The Labute approximate surface area is 92.9 Å². The van der Waals surface area contributed by atoms with E-state index >= 15 is 0 Å². The standard InChI is InChI=1S/C12H11ClFN/c1-7(2)12-9-4-3-8(14)5-11(9)15-6-10(12)13/h3-7H,1-2H3. The number of hydrogen-bond donors (Lipinski definition) is 0. The quantitative estimate of drug-likeness (QED) is 0.708. The van der Waals surface area contributed by atoms with Crippen LogP contribution in [-0.4, -0.2) is 4.98 Å². The van der Waals surface area contributed by atoms with Crippen LogP contribution in [0.4, 0.5) is 4.39 Å². The van der Waals surface area contributed by atoms with Gasteiger partial charge in [0.25, 0.3) is 0 Å². The molecule has 2 aromatic rings. The van der Waals surface area contributed by atoms with E-state index in [1.165, 1.54) is 12.1 Å². The van der Waals surface area contributed by atoms with Crippen molar-refractivity contribution in [3.63, 3.8) is 0 Å². The highest BCUT2D eigenvalue weighted by atomic mass is 35.5. The minimum Gasteiger partial charge on any atom is -0.255 e. The lowest BCUT2D eigenvalue weighted by Gasteiger charge is -2.11. The third-order valence-corrected chi connectivity index (χ3v) is 2.70. The number of halogens is 2. The maximum Gasteiger partial charge on any atom is 0.125 e.